The largest absolute Gasteiger partial charge is 0.462 e. The highest BCUT2D eigenvalue weighted by Crippen LogP contribution is 2.12. The average Bonchev–Trinajstić information content (AvgIpc) is 3.15. The first-order valence-electron chi connectivity index (χ1n) is 21.2. The normalized spacial score (nSPS) is 12.9. The molecule has 0 radical (unpaired) electrons. The topological polar surface area (TPSA) is 78.9 Å². The van der Waals surface area contributed by atoms with Crippen LogP contribution < -0.4 is 0 Å². The van der Waals surface area contributed by atoms with Crippen LogP contribution in [0, 0.1) is 0 Å². The molecule has 0 amide bonds. The van der Waals surface area contributed by atoms with Crippen LogP contribution in [0.15, 0.2) is 85.1 Å². The first-order valence-corrected chi connectivity index (χ1v) is 21.2. The number of rotatable bonds is 36. The SMILES string of the molecule is CC\C=C/C=C\C=C/C=C\C=C/CCCCCC(=O)OCC(COC(=O)CCCCCC/C=C\CCCC)OC(=O)CCCCCC/C=C\CCCC. The molecule has 0 bridgehead atoms. The van der Waals surface area contributed by atoms with Gasteiger partial charge in [0.2, 0.25) is 0 Å². The van der Waals surface area contributed by atoms with Crippen LogP contribution in [0.1, 0.15) is 175 Å². The number of unbranched alkanes of at least 4 members (excludes halogenated alkanes) is 15. The van der Waals surface area contributed by atoms with Crippen LogP contribution in [0.25, 0.3) is 0 Å². The molecular weight excluding hydrogens is 661 g/mol. The van der Waals surface area contributed by atoms with E-state index in [1.54, 1.807) is 0 Å². The number of carbonyl (C=O) groups excluding carboxylic acids is 3. The van der Waals surface area contributed by atoms with Gasteiger partial charge in [0.15, 0.2) is 6.10 Å². The number of hydrogen-bond acceptors (Lipinski definition) is 6. The molecule has 0 saturated heterocycles. The molecule has 300 valence electrons. The van der Waals surface area contributed by atoms with Crippen molar-refractivity contribution in [1.29, 1.82) is 0 Å². The maximum absolute atomic E-state index is 12.6. The van der Waals surface area contributed by atoms with Crippen molar-refractivity contribution in [3.8, 4) is 0 Å². The Bertz CT molecular complexity index is 1080. The number of carbonyl (C=O) groups is 3. The molecular formula is C47H76O6. The molecule has 0 heterocycles. The minimum atomic E-state index is -0.801. The van der Waals surface area contributed by atoms with Gasteiger partial charge in [-0.15, -0.1) is 0 Å². The highest BCUT2D eigenvalue weighted by molar-refractivity contribution is 5.71. The number of allylic oxidation sites excluding steroid dienone is 14. The van der Waals surface area contributed by atoms with Gasteiger partial charge in [-0.25, -0.2) is 0 Å². The van der Waals surface area contributed by atoms with E-state index in [4.69, 9.17) is 14.2 Å². The van der Waals surface area contributed by atoms with Crippen LogP contribution in [-0.2, 0) is 28.6 Å². The fourth-order valence-corrected chi connectivity index (χ4v) is 5.25. The van der Waals surface area contributed by atoms with Crippen molar-refractivity contribution in [2.75, 3.05) is 13.2 Å². The predicted molar refractivity (Wildman–Crippen MR) is 224 cm³/mol. The van der Waals surface area contributed by atoms with Crippen molar-refractivity contribution >= 4 is 17.9 Å². The van der Waals surface area contributed by atoms with Gasteiger partial charge < -0.3 is 14.2 Å². The molecule has 0 aliphatic carbocycles. The Labute approximate surface area is 325 Å². The third-order valence-corrected chi connectivity index (χ3v) is 8.48. The third-order valence-electron chi connectivity index (χ3n) is 8.48. The average molecular weight is 737 g/mol. The van der Waals surface area contributed by atoms with E-state index >= 15 is 0 Å². The molecule has 6 heteroatoms. The van der Waals surface area contributed by atoms with E-state index in [-0.39, 0.29) is 31.1 Å². The molecule has 0 aliphatic heterocycles. The van der Waals surface area contributed by atoms with Gasteiger partial charge in [-0.2, -0.15) is 0 Å². The second-order valence-corrected chi connectivity index (χ2v) is 13.6. The predicted octanol–water partition coefficient (Wildman–Crippen LogP) is 13.3. The molecule has 0 aliphatic rings. The van der Waals surface area contributed by atoms with Crippen molar-refractivity contribution in [3.63, 3.8) is 0 Å². The fourth-order valence-electron chi connectivity index (χ4n) is 5.25. The van der Waals surface area contributed by atoms with Gasteiger partial charge >= 0.3 is 17.9 Å². The van der Waals surface area contributed by atoms with Gasteiger partial charge in [0, 0.05) is 19.3 Å². The van der Waals surface area contributed by atoms with Crippen molar-refractivity contribution < 1.29 is 28.6 Å². The summed E-state index contributed by atoms with van der Waals surface area (Å²) in [5.41, 5.74) is 0. The van der Waals surface area contributed by atoms with Crippen LogP contribution in [0.3, 0.4) is 0 Å². The lowest BCUT2D eigenvalue weighted by Crippen LogP contribution is -2.30. The van der Waals surface area contributed by atoms with E-state index in [1.807, 2.05) is 48.6 Å². The van der Waals surface area contributed by atoms with E-state index in [1.165, 1.54) is 25.7 Å². The summed E-state index contributed by atoms with van der Waals surface area (Å²) in [7, 11) is 0. The third kappa shape index (κ3) is 39.6. The molecule has 0 rings (SSSR count). The zero-order valence-corrected chi connectivity index (χ0v) is 34.0. The number of hydrogen-bond donors (Lipinski definition) is 0. The van der Waals surface area contributed by atoms with E-state index in [0.29, 0.717) is 19.3 Å². The second-order valence-electron chi connectivity index (χ2n) is 13.6. The fraction of sp³-hybridized carbons (Fsp3) is 0.638. The minimum Gasteiger partial charge on any atom is -0.462 e. The van der Waals surface area contributed by atoms with Gasteiger partial charge in [-0.05, 0) is 77.0 Å². The smallest absolute Gasteiger partial charge is 0.306 e. The Morgan fingerprint density at radius 2 is 0.755 bits per heavy atom. The van der Waals surface area contributed by atoms with E-state index in [9.17, 15) is 14.4 Å². The summed E-state index contributed by atoms with van der Waals surface area (Å²) in [4.78, 5) is 37.6. The van der Waals surface area contributed by atoms with Crippen LogP contribution in [-0.4, -0.2) is 37.2 Å². The van der Waals surface area contributed by atoms with Crippen LogP contribution >= 0.6 is 0 Å². The zero-order valence-electron chi connectivity index (χ0n) is 34.0. The van der Waals surface area contributed by atoms with Crippen LogP contribution in [0.5, 0.6) is 0 Å². The van der Waals surface area contributed by atoms with Crippen molar-refractivity contribution in [3.05, 3.63) is 85.1 Å². The monoisotopic (exact) mass is 737 g/mol. The maximum atomic E-state index is 12.6. The summed E-state index contributed by atoms with van der Waals surface area (Å²) in [5, 5.41) is 0. The Balaban J connectivity index is 4.50. The Morgan fingerprint density at radius 3 is 1.21 bits per heavy atom. The molecule has 0 aromatic heterocycles. The van der Waals surface area contributed by atoms with Gasteiger partial charge in [0.25, 0.3) is 0 Å². The summed E-state index contributed by atoms with van der Waals surface area (Å²) < 4.78 is 16.6. The van der Waals surface area contributed by atoms with Gasteiger partial charge in [-0.1, -0.05) is 164 Å². The quantitative estimate of drug-likeness (QED) is 0.0209. The molecule has 0 aromatic rings. The molecule has 0 N–H and O–H groups in total. The maximum Gasteiger partial charge on any atom is 0.306 e. The Morgan fingerprint density at radius 1 is 0.396 bits per heavy atom. The number of ether oxygens (including phenoxy) is 3. The van der Waals surface area contributed by atoms with Gasteiger partial charge in [-0.3, -0.25) is 14.4 Å². The highest BCUT2D eigenvalue weighted by Gasteiger charge is 2.19. The van der Waals surface area contributed by atoms with E-state index < -0.39 is 6.10 Å². The van der Waals surface area contributed by atoms with Gasteiger partial charge in [0.1, 0.15) is 13.2 Å². The lowest BCUT2D eigenvalue weighted by molar-refractivity contribution is -0.167. The van der Waals surface area contributed by atoms with E-state index in [0.717, 1.165) is 109 Å². The van der Waals surface area contributed by atoms with Crippen LogP contribution in [0.2, 0.25) is 0 Å². The summed E-state index contributed by atoms with van der Waals surface area (Å²) in [6, 6.07) is 0. The van der Waals surface area contributed by atoms with Crippen molar-refractivity contribution in [1.82, 2.24) is 0 Å². The summed E-state index contributed by atoms with van der Waals surface area (Å²) in [5.74, 6) is -0.985. The lowest BCUT2D eigenvalue weighted by atomic mass is 10.1. The van der Waals surface area contributed by atoms with Crippen molar-refractivity contribution in [2.45, 2.75) is 181 Å². The zero-order chi connectivity index (χ0) is 38.7. The molecule has 6 nitrogen and oxygen atoms in total. The molecule has 0 aromatic carbocycles. The Kier molecular flexibility index (Phi) is 38.7. The summed E-state index contributed by atoms with van der Waals surface area (Å²) in [6.07, 6.45) is 51.4. The molecule has 0 spiro atoms. The van der Waals surface area contributed by atoms with Crippen molar-refractivity contribution in [2.24, 2.45) is 0 Å². The molecule has 0 saturated carbocycles. The second kappa shape index (κ2) is 41.3. The minimum absolute atomic E-state index is 0.103. The molecule has 1 unspecified atom stereocenters. The molecule has 53 heavy (non-hydrogen) atoms. The number of esters is 3. The highest BCUT2D eigenvalue weighted by atomic mass is 16.6. The first kappa shape index (κ1) is 49.6. The summed E-state index contributed by atoms with van der Waals surface area (Å²) in [6.45, 7) is 6.31. The molecule has 0 fully saturated rings. The molecule has 1 atom stereocenters. The van der Waals surface area contributed by atoms with Crippen LogP contribution in [0.4, 0.5) is 0 Å². The van der Waals surface area contributed by atoms with Gasteiger partial charge in [0.05, 0.1) is 0 Å². The standard InChI is InChI=1S/C47H76O6/c1-4-7-10-13-16-19-22-23-24-25-26-29-31-34-37-40-46(49)52-43-44(53-47(50)41-38-35-32-28-21-18-15-12-9-6-3)42-51-45(48)39-36-33-30-27-20-17-14-11-8-5-2/h7,10,13-19,22-26,44H,4-6,8-9,11-12,20-21,27-43H2,1-3H3/b10-7-,16-13-,17-14-,18-15-,22-19-,24-23-,26-25-. The Hall–Kier alpha value is -3.41. The van der Waals surface area contributed by atoms with E-state index in [2.05, 4.69) is 57.2 Å². The summed E-state index contributed by atoms with van der Waals surface area (Å²) >= 11 is 0. The first-order chi connectivity index (χ1) is 26.0. The lowest BCUT2D eigenvalue weighted by Gasteiger charge is -2.18.